The van der Waals surface area contributed by atoms with Crippen molar-refractivity contribution in [1.82, 2.24) is 14.9 Å². The number of aromatic nitrogens is 2. The van der Waals surface area contributed by atoms with Crippen LogP contribution in [0.1, 0.15) is 46.5 Å². The summed E-state index contributed by atoms with van der Waals surface area (Å²) in [5.74, 6) is 0.925. The van der Waals surface area contributed by atoms with Crippen molar-refractivity contribution in [3.8, 4) is 0 Å². The van der Waals surface area contributed by atoms with Crippen molar-refractivity contribution in [3.05, 3.63) is 29.8 Å². The number of hydrogen-bond donors (Lipinski definition) is 2. The molecule has 2 aromatic rings. The van der Waals surface area contributed by atoms with E-state index in [4.69, 9.17) is 15.5 Å². The number of ether oxygens (including phenoxy) is 1. The number of allylic oxidation sites excluding steroid dienone is 2. The minimum atomic E-state index is -0.323. The summed E-state index contributed by atoms with van der Waals surface area (Å²) in [4.78, 5) is 19.2. The summed E-state index contributed by atoms with van der Waals surface area (Å²) in [6, 6.07) is 5.89. The second-order valence-corrected chi connectivity index (χ2v) is 7.97. The molecule has 2 heterocycles. The second-order valence-electron chi connectivity index (χ2n) is 7.97. The lowest BCUT2D eigenvalue weighted by molar-refractivity contribution is 0.139. The van der Waals surface area contributed by atoms with Gasteiger partial charge in [0.05, 0.1) is 17.6 Å². The van der Waals surface area contributed by atoms with E-state index >= 15 is 0 Å². The van der Waals surface area contributed by atoms with E-state index in [9.17, 15) is 4.79 Å². The quantitative estimate of drug-likeness (QED) is 0.416. The number of nitrogens with two attached hydrogens (primary N) is 1. The Hall–Kier alpha value is -2.70. The van der Waals surface area contributed by atoms with Crippen molar-refractivity contribution < 1.29 is 9.53 Å². The van der Waals surface area contributed by atoms with Crippen LogP contribution in [0.2, 0.25) is 0 Å². The lowest BCUT2D eigenvalue weighted by Gasteiger charge is -2.33. The fourth-order valence-corrected chi connectivity index (χ4v) is 3.62. The minimum Gasteiger partial charge on any atom is -0.450 e. The smallest absolute Gasteiger partial charge is 0.407 e. The summed E-state index contributed by atoms with van der Waals surface area (Å²) < 4.78 is 7.47. The minimum absolute atomic E-state index is 0.0552. The van der Waals surface area contributed by atoms with Crippen LogP contribution in [0.25, 0.3) is 11.0 Å². The third-order valence-electron chi connectivity index (χ3n) is 5.19. The van der Waals surface area contributed by atoms with Gasteiger partial charge in [-0.3, -0.25) is 0 Å². The Kier molecular flexibility index (Phi) is 7.01. The van der Waals surface area contributed by atoms with Gasteiger partial charge in [0.2, 0.25) is 5.95 Å². The molecule has 1 amide bonds. The number of fused-ring (bicyclic) bond motifs is 1. The van der Waals surface area contributed by atoms with E-state index in [0.29, 0.717) is 6.61 Å². The number of hydrogen-bond acceptors (Lipinski definition) is 5. The van der Waals surface area contributed by atoms with Gasteiger partial charge in [-0.05, 0) is 51.3 Å². The van der Waals surface area contributed by atoms with E-state index in [1.807, 2.05) is 18.2 Å². The number of nitrogens with one attached hydrogen (secondary N) is 1. The van der Waals surface area contributed by atoms with Crippen LogP contribution in [-0.2, 0) is 11.3 Å². The summed E-state index contributed by atoms with van der Waals surface area (Å²) >= 11 is 0. The Labute approximate surface area is 172 Å². The number of benzene rings is 1. The Morgan fingerprint density at radius 1 is 1.41 bits per heavy atom. The number of imidazole rings is 1. The average molecular weight is 400 g/mol. The molecule has 0 unspecified atom stereocenters. The first-order valence-electron chi connectivity index (χ1n) is 10.5. The second kappa shape index (κ2) is 9.67. The fourth-order valence-electron chi connectivity index (χ4n) is 3.62. The molecular weight excluding hydrogens is 366 g/mol. The molecule has 3 rings (SSSR count). The molecule has 3 N–H and O–H groups in total. The predicted molar refractivity (Wildman–Crippen MR) is 118 cm³/mol. The van der Waals surface area contributed by atoms with Crippen LogP contribution in [0.3, 0.4) is 0 Å². The molecule has 1 aromatic heterocycles. The first kappa shape index (κ1) is 21.0. The summed E-state index contributed by atoms with van der Waals surface area (Å²) in [5, 5.41) is 3.02. The van der Waals surface area contributed by atoms with Crippen molar-refractivity contribution in [2.75, 3.05) is 30.3 Å². The van der Waals surface area contributed by atoms with E-state index in [1.54, 1.807) is 0 Å². The lowest BCUT2D eigenvalue weighted by Crippen LogP contribution is -2.48. The van der Waals surface area contributed by atoms with Gasteiger partial charge in [0.15, 0.2) is 0 Å². The highest BCUT2D eigenvalue weighted by molar-refractivity contribution is 5.82. The number of carbonyl (C=O) groups is 1. The molecule has 0 radical (unpaired) electrons. The largest absolute Gasteiger partial charge is 0.450 e. The number of nitrogen functional groups attached to an aromatic ring is 1. The van der Waals surface area contributed by atoms with Gasteiger partial charge in [0.1, 0.15) is 0 Å². The summed E-state index contributed by atoms with van der Waals surface area (Å²) in [5.41, 5.74) is 9.99. The summed E-state index contributed by atoms with van der Waals surface area (Å²) in [6.45, 7) is 9.11. The molecule has 1 saturated heterocycles. The van der Waals surface area contributed by atoms with Crippen molar-refractivity contribution in [1.29, 1.82) is 0 Å². The van der Waals surface area contributed by atoms with E-state index in [2.05, 4.69) is 41.6 Å². The number of anilines is 2. The SMILES string of the molecule is CCCCOC(=O)N[C@@H]1CCCN(c2nc3ccc(N)cc3n2CC=C(C)C)C1. The van der Waals surface area contributed by atoms with Crippen molar-refractivity contribution in [3.63, 3.8) is 0 Å². The molecular formula is C22H33N5O2. The summed E-state index contributed by atoms with van der Waals surface area (Å²) in [6.07, 6.45) is 5.71. The normalized spacial score (nSPS) is 16.7. The van der Waals surface area contributed by atoms with Gasteiger partial charge in [-0.25, -0.2) is 9.78 Å². The highest BCUT2D eigenvalue weighted by atomic mass is 16.5. The third-order valence-corrected chi connectivity index (χ3v) is 5.19. The van der Waals surface area contributed by atoms with Gasteiger partial charge >= 0.3 is 6.09 Å². The zero-order chi connectivity index (χ0) is 20.8. The number of unbranched alkanes of at least 4 members (excludes halogenated alkanes) is 1. The molecule has 0 spiro atoms. The van der Waals surface area contributed by atoms with E-state index < -0.39 is 0 Å². The number of carbonyl (C=O) groups excluding carboxylic acids is 1. The predicted octanol–water partition coefficient (Wildman–Crippen LogP) is 4.08. The van der Waals surface area contributed by atoms with Gasteiger partial charge in [0, 0.05) is 31.4 Å². The average Bonchev–Trinajstić information content (AvgIpc) is 3.04. The maximum absolute atomic E-state index is 12.1. The standard InChI is InChI=1S/C22H33N5O2/c1-4-5-13-29-22(28)24-18-7-6-11-26(15-18)21-25-19-9-8-17(23)14-20(19)27(21)12-10-16(2)3/h8-10,14,18H,4-7,11-13,15,23H2,1-3H3,(H,24,28)/t18-/m1/s1. The van der Waals surface area contributed by atoms with E-state index in [0.717, 1.165) is 68.0 Å². The van der Waals surface area contributed by atoms with Crippen LogP contribution in [0.15, 0.2) is 29.8 Å². The fraction of sp³-hybridized carbons (Fsp3) is 0.545. The van der Waals surface area contributed by atoms with Crippen molar-refractivity contribution in [2.45, 2.75) is 59.0 Å². The third kappa shape index (κ3) is 5.43. The van der Waals surface area contributed by atoms with E-state index in [-0.39, 0.29) is 12.1 Å². The molecule has 1 aromatic carbocycles. The molecule has 158 valence electrons. The lowest BCUT2D eigenvalue weighted by atomic mass is 10.1. The Balaban J connectivity index is 1.78. The molecule has 0 bridgehead atoms. The molecule has 1 atom stereocenters. The topological polar surface area (TPSA) is 85.4 Å². The molecule has 1 aliphatic rings. The first-order valence-corrected chi connectivity index (χ1v) is 10.5. The molecule has 0 saturated carbocycles. The highest BCUT2D eigenvalue weighted by Crippen LogP contribution is 2.27. The summed E-state index contributed by atoms with van der Waals surface area (Å²) in [7, 11) is 0. The number of rotatable bonds is 7. The maximum Gasteiger partial charge on any atom is 0.407 e. The zero-order valence-corrected chi connectivity index (χ0v) is 17.8. The van der Waals surface area contributed by atoms with Crippen LogP contribution in [0, 0.1) is 0 Å². The monoisotopic (exact) mass is 399 g/mol. The van der Waals surface area contributed by atoms with Gasteiger partial charge < -0.3 is 25.3 Å². The van der Waals surface area contributed by atoms with Gasteiger partial charge in [-0.2, -0.15) is 0 Å². The molecule has 1 fully saturated rings. The highest BCUT2D eigenvalue weighted by Gasteiger charge is 2.25. The number of alkyl carbamates (subject to hydrolysis) is 1. The maximum atomic E-state index is 12.1. The number of nitrogens with zero attached hydrogens (tertiary/aromatic N) is 3. The van der Waals surface area contributed by atoms with Crippen LogP contribution in [-0.4, -0.2) is 41.4 Å². The van der Waals surface area contributed by atoms with Crippen molar-refractivity contribution in [2.24, 2.45) is 0 Å². The van der Waals surface area contributed by atoms with Crippen LogP contribution < -0.4 is 16.0 Å². The van der Waals surface area contributed by atoms with Gasteiger partial charge in [0.25, 0.3) is 0 Å². The number of amides is 1. The molecule has 7 heteroatoms. The van der Waals surface area contributed by atoms with Crippen LogP contribution in [0.4, 0.5) is 16.4 Å². The van der Waals surface area contributed by atoms with E-state index in [1.165, 1.54) is 5.57 Å². The number of piperidine rings is 1. The zero-order valence-electron chi connectivity index (χ0n) is 17.8. The Morgan fingerprint density at radius 3 is 3.00 bits per heavy atom. The van der Waals surface area contributed by atoms with Gasteiger partial charge in [-0.1, -0.05) is 25.0 Å². The van der Waals surface area contributed by atoms with Gasteiger partial charge in [-0.15, -0.1) is 0 Å². The first-order chi connectivity index (χ1) is 14.0. The van der Waals surface area contributed by atoms with Crippen LogP contribution >= 0.6 is 0 Å². The Morgan fingerprint density at radius 2 is 2.24 bits per heavy atom. The Bertz CT molecular complexity index is 869. The van der Waals surface area contributed by atoms with Crippen molar-refractivity contribution >= 4 is 28.8 Å². The molecule has 29 heavy (non-hydrogen) atoms. The molecule has 1 aliphatic heterocycles. The molecule has 7 nitrogen and oxygen atoms in total. The van der Waals surface area contributed by atoms with Crippen LogP contribution in [0.5, 0.6) is 0 Å². The molecule has 0 aliphatic carbocycles.